The van der Waals surface area contributed by atoms with Crippen LogP contribution in [-0.4, -0.2) is 16.2 Å². The number of unbranched alkanes of at least 4 members (excludes halogenated alkanes) is 18. The minimum atomic E-state index is -0.433. The van der Waals surface area contributed by atoms with E-state index in [1.54, 1.807) is 4.57 Å². The van der Waals surface area contributed by atoms with Crippen LogP contribution < -0.4 is 16.0 Å². The van der Waals surface area contributed by atoms with Crippen molar-refractivity contribution >= 4 is 21.5 Å². The Morgan fingerprint density at radius 2 is 0.947 bits per heavy atom. The van der Waals surface area contributed by atoms with E-state index in [1.807, 2.05) is 48.5 Å². The van der Waals surface area contributed by atoms with Crippen LogP contribution in [-0.2, 0) is 6.54 Å². The Kier molecular flexibility index (Phi) is 18.6. The molecule has 1 heterocycles. The molecule has 0 saturated carbocycles. The van der Waals surface area contributed by atoms with Crippen LogP contribution >= 0.6 is 0 Å². The molecule has 0 atom stereocenters. The van der Waals surface area contributed by atoms with Crippen LogP contribution in [0.4, 0.5) is 0 Å². The van der Waals surface area contributed by atoms with Crippen molar-refractivity contribution in [2.75, 3.05) is 6.61 Å². The van der Waals surface area contributed by atoms with Gasteiger partial charge >= 0.3 is 5.69 Å². The number of rotatable bonds is 23. The summed E-state index contributed by atoms with van der Waals surface area (Å²) in [5.41, 5.74) is 2.32. The van der Waals surface area contributed by atoms with Crippen LogP contribution in [0.5, 0.6) is 5.75 Å². The van der Waals surface area contributed by atoms with Crippen molar-refractivity contribution in [2.24, 2.45) is 0 Å². The third-order valence-corrected chi connectivity index (χ3v) is 11.0. The molecule has 57 heavy (non-hydrogen) atoms. The van der Waals surface area contributed by atoms with E-state index in [4.69, 9.17) is 4.74 Å². The highest BCUT2D eigenvalue weighted by Gasteiger charge is 2.12. The van der Waals surface area contributed by atoms with Crippen molar-refractivity contribution < 1.29 is 4.74 Å². The van der Waals surface area contributed by atoms with Gasteiger partial charge in [-0.2, -0.15) is 0 Å². The van der Waals surface area contributed by atoms with Gasteiger partial charge in [-0.25, -0.2) is 4.79 Å². The Morgan fingerprint density at radius 1 is 0.509 bits per heavy atom. The van der Waals surface area contributed by atoms with Crippen molar-refractivity contribution in [2.45, 2.75) is 149 Å². The van der Waals surface area contributed by atoms with E-state index >= 15 is 0 Å². The van der Waals surface area contributed by atoms with Crippen LogP contribution in [0.2, 0.25) is 0 Å². The first-order valence-electron chi connectivity index (χ1n) is 22.1. The highest BCUT2D eigenvalue weighted by molar-refractivity contribution is 6.09. The fourth-order valence-electron chi connectivity index (χ4n) is 7.68. The average molecular weight is 765 g/mol. The molecule has 300 valence electrons. The third-order valence-electron chi connectivity index (χ3n) is 11.0. The van der Waals surface area contributed by atoms with E-state index < -0.39 is 11.2 Å². The van der Waals surface area contributed by atoms with E-state index in [0.717, 1.165) is 76.3 Å². The van der Waals surface area contributed by atoms with Gasteiger partial charge in [-0.05, 0) is 64.6 Å². The molecule has 0 aliphatic heterocycles. The first-order chi connectivity index (χ1) is 28.1. The molecule has 0 amide bonds. The second-order valence-corrected chi connectivity index (χ2v) is 15.6. The SMILES string of the molecule is CCCCCCCCCCCCOc1ccc(C#Cc2c3ccccc3c(C#Cc3cc(=O)[nH]c(=O)n3CCCCCCCCCCCC)c3ccccc23)cc1. The zero-order valence-corrected chi connectivity index (χ0v) is 34.7. The van der Waals surface area contributed by atoms with Gasteiger partial charge in [-0.1, -0.05) is 196 Å². The van der Waals surface area contributed by atoms with Crippen LogP contribution in [0.1, 0.15) is 165 Å². The van der Waals surface area contributed by atoms with Gasteiger partial charge in [0, 0.05) is 29.3 Å². The average Bonchev–Trinajstić information content (AvgIpc) is 3.23. The molecule has 4 aromatic carbocycles. The van der Waals surface area contributed by atoms with E-state index in [2.05, 4.69) is 66.8 Å². The van der Waals surface area contributed by atoms with Crippen LogP contribution in [0, 0.1) is 23.7 Å². The number of hydrogen-bond acceptors (Lipinski definition) is 3. The molecule has 0 aliphatic rings. The zero-order valence-electron chi connectivity index (χ0n) is 34.7. The quantitative estimate of drug-likeness (QED) is 0.0409. The van der Waals surface area contributed by atoms with Crippen molar-refractivity contribution in [3.63, 3.8) is 0 Å². The standard InChI is InChI=1S/C52H64N2O3/c1-3-5-7-9-11-13-15-17-19-25-39-54-43(41-51(55)53-52(54)56)34-38-50-47-29-23-21-27-45(47)49(46-28-22-24-30-48(46)50)37-33-42-31-35-44(36-32-42)57-40-26-20-18-16-14-12-10-8-6-4-2/h21-24,27-32,35-36,41H,3-20,25-26,39-40H2,1-2H3,(H,53,55,56). The molecule has 1 aromatic heterocycles. The summed E-state index contributed by atoms with van der Waals surface area (Å²) in [6.07, 6.45) is 25.3. The topological polar surface area (TPSA) is 64.1 Å². The van der Waals surface area contributed by atoms with Crippen molar-refractivity contribution in [1.29, 1.82) is 0 Å². The molecule has 0 spiro atoms. The lowest BCUT2D eigenvalue weighted by molar-refractivity contribution is 0.304. The van der Waals surface area contributed by atoms with Gasteiger partial charge in [0.2, 0.25) is 0 Å². The highest BCUT2D eigenvalue weighted by Crippen LogP contribution is 2.32. The van der Waals surface area contributed by atoms with Gasteiger partial charge in [-0.15, -0.1) is 0 Å². The van der Waals surface area contributed by atoms with Gasteiger partial charge in [0.05, 0.1) is 6.61 Å². The first-order valence-corrected chi connectivity index (χ1v) is 22.1. The zero-order chi connectivity index (χ0) is 39.9. The van der Waals surface area contributed by atoms with Gasteiger partial charge in [0.1, 0.15) is 11.4 Å². The number of aromatic nitrogens is 2. The van der Waals surface area contributed by atoms with Gasteiger partial charge in [0.15, 0.2) is 0 Å². The Morgan fingerprint density at radius 3 is 1.44 bits per heavy atom. The normalized spacial score (nSPS) is 11.0. The number of aromatic amines is 1. The molecule has 5 aromatic rings. The first kappa shape index (κ1) is 43.1. The van der Waals surface area contributed by atoms with Crippen LogP contribution in [0.3, 0.4) is 0 Å². The summed E-state index contributed by atoms with van der Waals surface area (Å²) in [5.74, 6) is 14.4. The number of benzene rings is 4. The van der Waals surface area contributed by atoms with Gasteiger partial charge in [0.25, 0.3) is 5.56 Å². The molecule has 0 fully saturated rings. The molecule has 0 radical (unpaired) electrons. The predicted molar refractivity (Wildman–Crippen MR) is 240 cm³/mol. The molecular formula is C52H64N2O3. The number of fused-ring (bicyclic) bond motifs is 2. The number of ether oxygens (including phenoxy) is 1. The van der Waals surface area contributed by atoms with E-state index in [0.29, 0.717) is 12.2 Å². The van der Waals surface area contributed by atoms with Crippen molar-refractivity contribution in [3.8, 4) is 29.4 Å². The second kappa shape index (κ2) is 24.6. The van der Waals surface area contributed by atoms with Crippen LogP contribution in [0.15, 0.2) is 88.5 Å². The Bertz CT molecular complexity index is 2170. The number of hydrogen-bond donors (Lipinski definition) is 1. The minimum absolute atomic E-state index is 0.406. The maximum absolute atomic E-state index is 13.0. The summed E-state index contributed by atoms with van der Waals surface area (Å²) < 4.78 is 7.67. The maximum atomic E-state index is 13.0. The fourth-order valence-corrected chi connectivity index (χ4v) is 7.68. The van der Waals surface area contributed by atoms with Crippen molar-refractivity contribution in [1.82, 2.24) is 9.55 Å². The third kappa shape index (κ3) is 13.9. The lowest BCUT2D eigenvalue weighted by Gasteiger charge is -2.11. The number of nitrogens with one attached hydrogen (secondary N) is 1. The lowest BCUT2D eigenvalue weighted by atomic mass is 9.92. The monoisotopic (exact) mass is 764 g/mol. The van der Waals surface area contributed by atoms with E-state index in [9.17, 15) is 9.59 Å². The summed E-state index contributed by atoms with van der Waals surface area (Å²) in [5, 5.41) is 3.99. The molecular weight excluding hydrogens is 701 g/mol. The minimum Gasteiger partial charge on any atom is -0.494 e. The largest absolute Gasteiger partial charge is 0.494 e. The Hall–Kier alpha value is -5.00. The number of H-pyrrole nitrogens is 1. The van der Waals surface area contributed by atoms with E-state index in [1.165, 1.54) is 109 Å². The summed E-state index contributed by atoms with van der Waals surface area (Å²) >= 11 is 0. The molecule has 0 bridgehead atoms. The fraction of sp³-hybridized carbons (Fsp3) is 0.462. The molecule has 0 unspecified atom stereocenters. The summed E-state index contributed by atoms with van der Waals surface area (Å²) in [6, 6.07) is 26.0. The Balaban J connectivity index is 1.26. The maximum Gasteiger partial charge on any atom is 0.329 e. The predicted octanol–water partition coefficient (Wildman–Crippen LogP) is 12.9. The van der Waals surface area contributed by atoms with Crippen molar-refractivity contribution in [3.05, 3.63) is 122 Å². The second-order valence-electron chi connectivity index (χ2n) is 15.6. The van der Waals surface area contributed by atoms with Gasteiger partial charge < -0.3 is 4.74 Å². The molecule has 5 nitrogen and oxygen atoms in total. The Labute approximate surface area is 341 Å². The summed E-state index contributed by atoms with van der Waals surface area (Å²) in [4.78, 5) is 27.9. The molecule has 1 N–H and O–H groups in total. The molecule has 0 saturated heterocycles. The lowest BCUT2D eigenvalue weighted by Crippen LogP contribution is -2.31. The molecule has 5 heteroatoms. The number of nitrogens with zero attached hydrogens (tertiary/aromatic N) is 1. The highest BCUT2D eigenvalue weighted by atomic mass is 16.5. The summed E-state index contributed by atoms with van der Waals surface area (Å²) in [7, 11) is 0. The summed E-state index contributed by atoms with van der Waals surface area (Å²) in [6.45, 7) is 5.79. The van der Waals surface area contributed by atoms with Gasteiger partial charge in [-0.3, -0.25) is 14.3 Å². The smallest absolute Gasteiger partial charge is 0.329 e. The molecule has 5 rings (SSSR count). The van der Waals surface area contributed by atoms with Crippen LogP contribution in [0.25, 0.3) is 21.5 Å². The van der Waals surface area contributed by atoms with E-state index in [-0.39, 0.29) is 0 Å². The molecule has 0 aliphatic carbocycles.